The molecule has 0 N–H and O–H groups in total. The molecule has 0 fully saturated rings. The van der Waals surface area contributed by atoms with Gasteiger partial charge in [-0.15, -0.1) is 0 Å². The molecule has 0 bridgehead atoms. The summed E-state index contributed by atoms with van der Waals surface area (Å²) in [7, 11) is 4.98. The van der Waals surface area contributed by atoms with Gasteiger partial charge >= 0.3 is 0 Å². The molecule has 0 amide bonds. The number of ether oxygens (including phenoxy) is 3. The van der Waals surface area contributed by atoms with Gasteiger partial charge in [-0.25, -0.2) is 0 Å². The van der Waals surface area contributed by atoms with Crippen molar-refractivity contribution in [1.29, 1.82) is 0 Å². The van der Waals surface area contributed by atoms with Crippen molar-refractivity contribution in [2.75, 3.05) is 21.3 Å². The maximum atomic E-state index is 5.92. The average Bonchev–Trinajstić information content (AvgIpc) is 2.77. The summed E-state index contributed by atoms with van der Waals surface area (Å²) in [4.78, 5) is 0. The van der Waals surface area contributed by atoms with Crippen LogP contribution >= 0.6 is 0 Å². The second-order valence-corrected chi connectivity index (χ2v) is 6.50. The summed E-state index contributed by atoms with van der Waals surface area (Å²) in [5, 5.41) is 0. The highest BCUT2D eigenvalue weighted by Gasteiger charge is 2.42. The van der Waals surface area contributed by atoms with E-state index in [1.165, 1.54) is 0 Å². The average molecular weight is 374 g/mol. The molecule has 2 aromatic carbocycles. The van der Waals surface area contributed by atoms with E-state index in [-0.39, 0.29) is 5.92 Å². The van der Waals surface area contributed by atoms with Gasteiger partial charge in [-0.1, -0.05) is 78.9 Å². The zero-order valence-electron chi connectivity index (χ0n) is 16.5. The van der Waals surface area contributed by atoms with Gasteiger partial charge in [-0.05, 0) is 29.4 Å². The summed E-state index contributed by atoms with van der Waals surface area (Å²) in [5.41, 5.74) is 1.34. The van der Waals surface area contributed by atoms with E-state index >= 15 is 0 Å². The lowest BCUT2D eigenvalue weighted by Crippen LogP contribution is -2.38. The molecule has 28 heavy (non-hydrogen) atoms. The summed E-state index contributed by atoms with van der Waals surface area (Å²) in [6, 6.07) is 20.3. The van der Waals surface area contributed by atoms with Gasteiger partial charge in [0.1, 0.15) is 11.5 Å². The summed E-state index contributed by atoms with van der Waals surface area (Å²) in [5.74, 6) is 1.44. The van der Waals surface area contributed by atoms with E-state index in [1.807, 2.05) is 60.7 Å². The fourth-order valence-corrected chi connectivity index (χ4v) is 3.31. The van der Waals surface area contributed by atoms with E-state index in [1.54, 1.807) is 21.3 Å². The van der Waals surface area contributed by atoms with Crippen LogP contribution in [-0.2, 0) is 14.2 Å². The Balaban J connectivity index is 1.94. The topological polar surface area (TPSA) is 27.7 Å². The van der Waals surface area contributed by atoms with E-state index < -0.39 is 5.60 Å². The number of allylic oxidation sites excluding steroid dienone is 3. The highest BCUT2D eigenvalue weighted by molar-refractivity contribution is 5.56. The monoisotopic (exact) mass is 374 g/mol. The predicted octanol–water partition coefficient (Wildman–Crippen LogP) is 5.49. The molecule has 0 unspecified atom stereocenters. The van der Waals surface area contributed by atoms with Crippen molar-refractivity contribution in [1.82, 2.24) is 0 Å². The highest BCUT2D eigenvalue weighted by Crippen LogP contribution is 2.38. The lowest BCUT2D eigenvalue weighted by molar-refractivity contribution is 0.00403. The molecule has 0 aromatic heterocycles. The SMILES string of the molecule is COC1=CC(/C=C/c2ccccc2)C=C(OC)C1(/C=C/c1ccccc1)OC. The minimum atomic E-state index is -0.892. The molecule has 2 aromatic rings. The number of hydrogen-bond donors (Lipinski definition) is 0. The summed E-state index contributed by atoms with van der Waals surface area (Å²) in [6.07, 6.45) is 12.3. The fraction of sp³-hybridized carbons (Fsp3) is 0.200. The zero-order valence-corrected chi connectivity index (χ0v) is 16.5. The quantitative estimate of drug-likeness (QED) is 0.641. The molecule has 0 aliphatic heterocycles. The Bertz CT molecular complexity index is 855. The van der Waals surface area contributed by atoms with E-state index in [0.717, 1.165) is 11.1 Å². The zero-order chi connectivity index (χ0) is 19.8. The van der Waals surface area contributed by atoms with Gasteiger partial charge in [0.25, 0.3) is 0 Å². The van der Waals surface area contributed by atoms with Crippen LogP contribution in [0.15, 0.2) is 96.5 Å². The van der Waals surface area contributed by atoms with E-state index in [4.69, 9.17) is 14.2 Å². The Morgan fingerprint density at radius 2 is 1.21 bits per heavy atom. The molecular weight excluding hydrogens is 348 g/mol. The molecule has 1 aliphatic carbocycles. The Hall–Kier alpha value is -3.04. The van der Waals surface area contributed by atoms with Crippen molar-refractivity contribution >= 4 is 12.2 Å². The minimum Gasteiger partial charge on any atom is -0.497 e. The standard InChI is InChI=1S/C25H26O3/c1-26-23-18-22(15-14-20-10-6-4-7-11-20)19-24(27-2)25(23,28-3)17-16-21-12-8-5-9-13-21/h4-19,22H,1-3H3/b15-14+,17-16+. The Kier molecular flexibility index (Phi) is 6.51. The summed E-state index contributed by atoms with van der Waals surface area (Å²) >= 11 is 0. The van der Waals surface area contributed by atoms with E-state index in [0.29, 0.717) is 11.5 Å². The molecule has 1 aliphatic rings. The molecule has 0 spiro atoms. The van der Waals surface area contributed by atoms with Crippen LogP contribution in [0.1, 0.15) is 11.1 Å². The van der Waals surface area contributed by atoms with Crippen molar-refractivity contribution in [3.8, 4) is 0 Å². The second kappa shape index (κ2) is 9.25. The van der Waals surface area contributed by atoms with Crippen LogP contribution in [0.2, 0.25) is 0 Å². The highest BCUT2D eigenvalue weighted by atomic mass is 16.6. The molecule has 0 heterocycles. The van der Waals surface area contributed by atoms with Crippen LogP contribution in [0.25, 0.3) is 12.2 Å². The fourth-order valence-electron chi connectivity index (χ4n) is 3.31. The van der Waals surface area contributed by atoms with Crippen molar-refractivity contribution in [2.24, 2.45) is 5.92 Å². The van der Waals surface area contributed by atoms with Crippen molar-refractivity contribution in [2.45, 2.75) is 5.60 Å². The van der Waals surface area contributed by atoms with Crippen molar-refractivity contribution < 1.29 is 14.2 Å². The number of methoxy groups -OCH3 is 3. The summed E-state index contributed by atoms with van der Waals surface area (Å²) < 4.78 is 17.4. The van der Waals surface area contributed by atoms with Crippen LogP contribution in [0.3, 0.4) is 0 Å². The first kappa shape index (κ1) is 19.7. The molecular formula is C25H26O3. The minimum absolute atomic E-state index is 0.0403. The largest absolute Gasteiger partial charge is 0.497 e. The lowest BCUT2D eigenvalue weighted by Gasteiger charge is -2.35. The molecule has 0 atom stereocenters. The Morgan fingerprint density at radius 3 is 1.68 bits per heavy atom. The molecule has 3 heteroatoms. The molecule has 144 valence electrons. The van der Waals surface area contributed by atoms with Gasteiger partial charge in [-0.2, -0.15) is 0 Å². The molecule has 3 rings (SSSR count). The third-order valence-electron chi connectivity index (χ3n) is 4.80. The van der Waals surface area contributed by atoms with Crippen LogP contribution in [-0.4, -0.2) is 26.9 Å². The van der Waals surface area contributed by atoms with Gasteiger partial charge in [0, 0.05) is 13.0 Å². The molecule has 3 nitrogen and oxygen atoms in total. The third-order valence-corrected chi connectivity index (χ3v) is 4.80. The first-order chi connectivity index (χ1) is 13.7. The first-order valence-corrected chi connectivity index (χ1v) is 9.27. The van der Waals surface area contributed by atoms with Crippen molar-refractivity contribution in [3.05, 3.63) is 108 Å². The van der Waals surface area contributed by atoms with E-state index in [9.17, 15) is 0 Å². The lowest BCUT2D eigenvalue weighted by atomic mass is 9.86. The predicted molar refractivity (Wildman–Crippen MR) is 114 cm³/mol. The molecule has 0 radical (unpaired) electrons. The van der Waals surface area contributed by atoms with E-state index in [2.05, 4.69) is 36.4 Å². The van der Waals surface area contributed by atoms with Crippen molar-refractivity contribution in [3.63, 3.8) is 0 Å². The maximum Gasteiger partial charge on any atom is 0.199 e. The van der Waals surface area contributed by atoms with Crippen LogP contribution in [0.5, 0.6) is 0 Å². The Labute approximate surface area is 167 Å². The van der Waals surface area contributed by atoms with Gasteiger partial charge < -0.3 is 14.2 Å². The van der Waals surface area contributed by atoms with Gasteiger partial charge in [0.15, 0.2) is 5.60 Å². The second-order valence-electron chi connectivity index (χ2n) is 6.50. The molecule has 0 saturated carbocycles. The van der Waals surface area contributed by atoms with Crippen LogP contribution in [0.4, 0.5) is 0 Å². The van der Waals surface area contributed by atoms with Gasteiger partial charge in [0.2, 0.25) is 0 Å². The number of hydrogen-bond acceptors (Lipinski definition) is 3. The van der Waals surface area contributed by atoms with Gasteiger partial charge in [-0.3, -0.25) is 0 Å². The number of rotatable bonds is 7. The smallest absolute Gasteiger partial charge is 0.199 e. The Morgan fingerprint density at radius 1 is 0.714 bits per heavy atom. The third kappa shape index (κ3) is 4.26. The molecule has 0 saturated heterocycles. The normalized spacial score (nSPS) is 22.2. The maximum absolute atomic E-state index is 5.92. The number of benzene rings is 2. The van der Waals surface area contributed by atoms with Crippen LogP contribution < -0.4 is 0 Å². The summed E-state index contributed by atoms with van der Waals surface area (Å²) in [6.45, 7) is 0. The van der Waals surface area contributed by atoms with Crippen LogP contribution in [0, 0.1) is 5.92 Å². The first-order valence-electron chi connectivity index (χ1n) is 9.27. The van der Waals surface area contributed by atoms with Gasteiger partial charge in [0.05, 0.1) is 14.2 Å².